The van der Waals surface area contributed by atoms with E-state index in [0.29, 0.717) is 17.1 Å². The van der Waals surface area contributed by atoms with Gasteiger partial charge in [-0.15, -0.1) is 0 Å². The van der Waals surface area contributed by atoms with Gasteiger partial charge in [-0.1, -0.05) is 55.4 Å². The second kappa shape index (κ2) is 8.06. The number of rotatable bonds is 5. The molecule has 2 atom stereocenters. The molecule has 1 aromatic heterocycles. The van der Waals surface area contributed by atoms with Crippen molar-refractivity contribution in [1.29, 1.82) is 0 Å². The maximum absolute atomic E-state index is 13.5. The van der Waals surface area contributed by atoms with Crippen LogP contribution < -0.4 is 10.6 Å². The molecule has 0 aliphatic carbocycles. The zero-order chi connectivity index (χ0) is 21.3. The molecular weight excluding hydrogens is 387 g/mol. The summed E-state index contributed by atoms with van der Waals surface area (Å²) in [5, 5.41) is 9.57. The Morgan fingerprint density at radius 1 is 1.23 bits per heavy atom. The number of aromatic nitrogens is 2. The van der Waals surface area contributed by atoms with Crippen molar-refractivity contribution in [3.63, 3.8) is 0 Å². The molecule has 0 unspecified atom stereocenters. The van der Waals surface area contributed by atoms with E-state index in [0.717, 1.165) is 5.56 Å². The van der Waals surface area contributed by atoms with Crippen molar-refractivity contribution < 1.29 is 18.5 Å². The van der Waals surface area contributed by atoms with Gasteiger partial charge < -0.3 is 15.2 Å². The third-order valence-corrected chi connectivity index (χ3v) is 5.08. The van der Waals surface area contributed by atoms with Gasteiger partial charge in [-0.3, -0.25) is 9.59 Å². The van der Waals surface area contributed by atoms with Gasteiger partial charge in [0.15, 0.2) is 0 Å². The number of carbonyl (C=O) groups is 2. The fraction of sp³-hybridized carbons (Fsp3) is 0.273. The molecule has 0 bridgehead atoms. The fourth-order valence-corrected chi connectivity index (χ4v) is 3.50. The molecule has 1 aliphatic rings. The van der Waals surface area contributed by atoms with E-state index in [9.17, 15) is 14.0 Å². The highest BCUT2D eigenvalue weighted by Gasteiger charge is 2.34. The molecular formula is C22H21FN4O3. The first kappa shape index (κ1) is 19.8. The summed E-state index contributed by atoms with van der Waals surface area (Å²) in [6.45, 7) is 3.85. The first-order chi connectivity index (χ1) is 14.4. The Kier molecular flexibility index (Phi) is 5.31. The number of fused-ring (bicyclic) bond motifs is 1. The van der Waals surface area contributed by atoms with Gasteiger partial charge in [-0.05, 0) is 23.6 Å². The summed E-state index contributed by atoms with van der Waals surface area (Å²) in [5.74, 6) is -1.21. The van der Waals surface area contributed by atoms with Crippen LogP contribution in [-0.4, -0.2) is 22.0 Å². The molecule has 30 heavy (non-hydrogen) atoms. The second-order valence-corrected chi connectivity index (χ2v) is 7.59. The molecule has 2 N–H and O–H groups in total. The summed E-state index contributed by atoms with van der Waals surface area (Å²) in [6.07, 6.45) is -0.0195. The van der Waals surface area contributed by atoms with E-state index >= 15 is 0 Å². The van der Waals surface area contributed by atoms with Crippen molar-refractivity contribution in [2.75, 3.05) is 5.32 Å². The number of carbonyl (C=O) groups excluding carboxylic acids is 2. The summed E-state index contributed by atoms with van der Waals surface area (Å²) in [4.78, 5) is 29.6. The number of hydrogen-bond donors (Lipinski definition) is 2. The van der Waals surface area contributed by atoms with Gasteiger partial charge in [0.2, 0.25) is 23.5 Å². The first-order valence-electron chi connectivity index (χ1n) is 9.71. The average molecular weight is 408 g/mol. The van der Waals surface area contributed by atoms with E-state index in [2.05, 4.69) is 20.8 Å². The first-order valence-corrected chi connectivity index (χ1v) is 9.71. The van der Waals surface area contributed by atoms with Crippen molar-refractivity contribution in [2.24, 2.45) is 5.92 Å². The van der Waals surface area contributed by atoms with Gasteiger partial charge in [-0.2, -0.15) is 4.98 Å². The summed E-state index contributed by atoms with van der Waals surface area (Å²) in [7, 11) is 0. The predicted molar refractivity (Wildman–Crippen MR) is 108 cm³/mol. The highest BCUT2D eigenvalue weighted by atomic mass is 19.1. The SMILES string of the molecule is CC(C)[C@@H](NC(=O)[C@H]1CC(=O)Nc2cc(F)ccc21)c1nc(-c2ccccc2)no1. The van der Waals surface area contributed by atoms with Gasteiger partial charge in [-0.25, -0.2) is 4.39 Å². The Hall–Kier alpha value is -3.55. The number of halogens is 1. The molecule has 0 spiro atoms. The van der Waals surface area contributed by atoms with Crippen LogP contribution in [0.3, 0.4) is 0 Å². The zero-order valence-corrected chi connectivity index (χ0v) is 16.6. The molecule has 154 valence electrons. The average Bonchev–Trinajstić information content (AvgIpc) is 3.21. The summed E-state index contributed by atoms with van der Waals surface area (Å²) >= 11 is 0. The molecule has 1 aliphatic heterocycles. The predicted octanol–water partition coefficient (Wildman–Crippen LogP) is 3.82. The zero-order valence-electron chi connectivity index (χ0n) is 16.6. The van der Waals surface area contributed by atoms with Crippen molar-refractivity contribution in [1.82, 2.24) is 15.5 Å². The molecule has 0 radical (unpaired) electrons. The van der Waals surface area contributed by atoms with Crippen LogP contribution in [0.25, 0.3) is 11.4 Å². The van der Waals surface area contributed by atoms with E-state index in [1.165, 1.54) is 18.2 Å². The van der Waals surface area contributed by atoms with Crippen LogP contribution in [0.4, 0.5) is 10.1 Å². The van der Waals surface area contributed by atoms with Crippen molar-refractivity contribution in [3.05, 3.63) is 65.8 Å². The number of amides is 2. The van der Waals surface area contributed by atoms with Gasteiger partial charge >= 0.3 is 0 Å². The Balaban J connectivity index is 1.58. The van der Waals surface area contributed by atoms with Gasteiger partial charge in [0.25, 0.3) is 0 Å². The van der Waals surface area contributed by atoms with Crippen LogP contribution in [0.2, 0.25) is 0 Å². The minimum absolute atomic E-state index is 0.0195. The normalized spacial score (nSPS) is 16.7. The van der Waals surface area contributed by atoms with Crippen LogP contribution >= 0.6 is 0 Å². The van der Waals surface area contributed by atoms with Crippen LogP contribution in [0.5, 0.6) is 0 Å². The van der Waals surface area contributed by atoms with Crippen LogP contribution in [0.1, 0.15) is 43.7 Å². The topological polar surface area (TPSA) is 97.1 Å². The van der Waals surface area contributed by atoms with E-state index in [4.69, 9.17) is 4.52 Å². The molecule has 8 heteroatoms. The maximum atomic E-state index is 13.5. The molecule has 2 aromatic carbocycles. The molecule has 2 amide bonds. The van der Waals surface area contributed by atoms with Crippen LogP contribution in [0.15, 0.2) is 53.1 Å². The smallest absolute Gasteiger partial charge is 0.249 e. The second-order valence-electron chi connectivity index (χ2n) is 7.59. The Morgan fingerprint density at radius 2 is 2.00 bits per heavy atom. The molecule has 3 aromatic rings. The lowest BCUT2D eigenvalue weighted by atomic mass is 9.89. The molecule has 2 heterocycles. The highest BCUT2D eigenvalue weighted by molar-refractivity contribution is 6.01. The fourth-order valence-electron chi connectivity index (χ4n) is 3.50. The lowest BCUT2D eigenvalue weighted by molar-refractivity contribution is -0.127. The number of nitrogens with zero attached hydrogens (tertiary/aromatic N) is 2. The molecule has 0 saturated heterocycles. The van der Waals surface area contributed by atoms with Crippen molar-refractivity contribution >= 4 is 17.5 Å². The lowest BCUT2D eigenvalue weighted by Crippen LogP contribution is -2.38. The minimum Gasteiger partial charge on any atom is -0.343 e. The summed E-state index contributed by atoms with van der Waals surface area (Å²) < 4.78 is 19.0. The van der Waals surface area contributed by atoms with E-state index in [-0.39, 0.29) is 30.0 Å². The molecule has 7 nitrogen and oxygen atoms in total. The Bertz CT molecular complexity index is 1080. The number of nitrogens with one attached hydrogen (secondary N) is 2. The van der Waals surface area contributed by atoms with E-state index in [1.54, 1.807) is 0 Å². The lowest BCUT2D eigenvalue weighted by Gasteiger charge is -2.27. The number of anilines is 1. The highest BCUT2D eigenvalue weighted by Crippen LogP contribution is 2.34. The van der Waals surface area contributed by atoms with Crippen LogP contribution in [-0.2, 0) is 9.59 Å². The largest absolute Gasteiger partial charge is 0.343 e. The van der Waals surface area contributed by atoms with Crippen molar-refractivity contribution in [3.8, 4) is 11.4 Å². The molecule has 0 fully saturated rings. The molecule has 4 rings (SSSR count). The third-order valence-electron chi connectivity index (χ3n) is 5.08. The quantitative estimate of drug-likeness (QED) is 0.669. The monoisotopic (exact) mass is 408 g/mol. The summed E-state index contributed by atoms with van der Waals surface area (Å²) in [5.41, 5.74) is 1.70. The van der Waals surface area contributed by atoms with E-state index in [1.807, 2.05) is 44.2 Å². The van der Waals surface area contributed by atoms with E-state index < -0.39 is 17.8 Å². The van der Waals surface area contributed by atoms with Gasteiger partial charge in [0.1, 0.15) is 11.9 Å². The number of benzene rings is 2. The third kappa shape index (κ3) is 3.94. The van der Waals surface area contributed by atoms with Gasteiger partial charge in [0, 0.05) is 17.7 Å². The van der Waals surface area contributed by atoms with Gasteiger partial charge in [0.05, 0.1) is 5.92 Å². The maximum Gasteiger partial charge on any atom is 0.249 e. The van der Waals surface area contributed by atoms with Crippen LogP contribution in [0, 0.1) is 11.7 Å². The minimum atomic E-state index is -0.730. The number of hydrogen-bond acceptors (Lipinski definition) is 5. The summed E-state index contributed by atoms with van der Waals surface area (Å²) in [6, 6.07) is 12.9. The molecule has 0 saturated carbocycles. The Morgan fingerprint density at radius 3 is 2.73 bits per heavy atom. The Labute approximate surface area is 172 Å². The van der Waals surface area contributed by atoms with Crippen molar-refractivity contribution in [2.45, 2.75) is 32.2 Å². The standard InChI is InChI=1S/C22H21FN4O3/c1-12(2)19(22-26-20(27-30-22)13-6-4-3-5-7-13)25-21(29)16-11-18(28)24-17-10-14(23)8-9-15(16)17/h3-10,12,16,19H,11H2,1-2H3,(H,24,28)(H,25,29)/t16-,19+/m0/s1.